The van der Waals surface area contributed by atoms with Crippen LogP contribution in [-0.2, 0) is 11.2 Å². The standard InChI is InChI=1S/C14H24N2O2S/c1-3-4-5-6-7-11(2)18-14(17)12-10-19-13(16-12)8-9-15/h10-11H,3-9,15H2,1-2H3. The van der Waals surface area contributed by atoms with E-state index in [2.05, 4.69) is 11.9 Å². The van der Waals surface area contributed by atoms with Crippen molar-refractivity contribution in [3.05, 3.63) is 16.1 Å². The van der Waals surface area contributed by atoms with Gasteiger partial charge in [-0.3, -0.25) is 0 Å². The number of hydrogen-bond acceptors (Lipinski definition) is 5. The molecule has 0 aliphatic rings. The van der Waals surface area contributed by atoms with E-state index < -0.39 is 0 Å². The average Bonchev–Trinajstić information content (AvgIpc) is 2.84. The predicted molar refractivity (Wildman–Crippen MR) is 78.5 cm³/mol. The number of aromatic nitrogens is 1. The van der Waals surface area contributed by atoms with Gasteiger partial charge >= 0.3 is 5.97 Å². The fraction of sp³-hybridized carbons (Fsp3) is 0.714. The molecule has 1 heterocycles. The number of ether oxygens (including phenoxy) is 1. The highest BCUT2D eigenvalue weighted by Gasteiger charge is 2.15. The van der Waals surface area contributed by atoms with E-state index in [0.29, 0.717) is 18.7 Å². The summed E-state index contributed by atoms with van der Waals surface area (Å²) in [6, 6.07) is 0. The van der Waals surface area contributed by atoms with Crippen molar-refractivity contribution in [3.8, 4) is 0 Å². The zero-order chi connectivity index (χ0) is 14.1. The third kappa shape index (κ3) is 6.16. The van der Waals surface area contributed by atoms with Gasteiger partial charge in [-0.2, -0.15) is 0 Å². The van der Waals surface area contributed by atoms with Crippen LogP contribution in [0.4, 0.5) is 0 Å². The van der Waals surface area contributed by atoms with Crippen molar-refractivity contribution in [3.63, 3.8) is 0 Å². The summed E-state index contributed by atoms with van der Waals surface area (Å²) in [7, 11) is 0. The summed E-state index contributed by atoms with van der Waals surface area (Å²) in [5.74, 6) is -0.317. The van der Waals surface area contributed by atoms with Gasteiger partial charge in [-0.25, -0.2) is 9.78 Å². The topological polar surface area (TPSA) is 65.2 Å². The number of thiazole rings is 1. The summed E-state index contributed by atoms with van der Waals surface area (Å²) in [5.41, 5.74) is 5.87. The van der Waals surface area contributed by atoms with Gasteiger partial charge in [0.05, 0.1) is 11.1 Å². The first-order valence-corrected chi connectivity index (χ1v) is 7.90. The Bertz CT molecular complexity index is 379. The maximum absolute atomic E-state index is 11.9. The molecule has 0 fully saturated rings. The van der Waals surface area contributed by atoms with E-state index in [0.717, 1.165) is 17.8 Å². The molecule has 1 atom stereocenters. The molecular weight excluding hydrogens is 260 g/mol. The number of esters is 1. The van der Waals surface area contributed by atoms with Crippen LogP contribution in [0.3, 0.4) is 0 Å². The zero-order valence-corrected chi connectivity index (χ0v) is 12.7. The van der Waals surface area contributed by atoms with Gasteiger partial charge in [0.25, 0.3) is 0 Å². The first kappa shape index (κ1) is 16.1. The van der Waals surface area contributed by atoms with Crippen LogP contribution in [0.1, 0.15) is 61.4 Å². The molecule has 4 nitrogen and oxygen atoms in total. The molecule has 0 aliphatic carbocycles. The SMILES string of the molecule is CCCCCCC(C)OC(=O)c1csc(CCN)n1. The molecule has 0 bridgehead atoms. The molecular formula is C14H24N2O2S. The van der Waals surface area contributed by atoms with E-state index >= 15 is 0 Å². The number of carbonyl (C=O) groups is 1. The highest BCUT2D eigenvalue weighted by atomic mass is 32.1. The third-order valence-electron chi connectivity index (χ3n) is 2.89. The van der Waals surface area contributed by atoms with E-state index in [1.807, 2.05) is 6.92 Å². The molecule has 1 rings (SSSR count). The Morgan fingerprint density at radius 1 is 1.47 bits per heavy atom. The van der Waals surface area contributed by atoms with Gasteiger partial charge in [0, 0.05) is 11.8 Å². The van der Waals surface area contributed by atoms with Crippen LogP contribution >= 0.6 is 11.3 Å². The van der Waals surface area contributed by atoms with E-state index in [-0.39, 0.29) is 12.1 Å². The summed E-state index contributed by atoms with van der Waals surface area (Å²) >= 11 is 1.46. The Labute approximate surface area is 119 Å². The predicted octanol–water partition coefficient (Wildman–Crippen LogP) is 3.16. The van der Waals surface area contributed by atoms with Crippen molar-refractivity contribution < 1.29 is 9.53 Å². The van der Waals surface area contributed by atoms with E-state index in [1.165, 1.54) is 30.6 Å². The van der Waals surface area contributed by atoms with Crippen molar-refractivity contribution in [1.82, 2.24) is 4.98 Å². The maximum atomic E-state index is 11.9. The molecule has 1 unspecified atom stereocenters. The second-order valence-electron chi connectivity index (χ2n) is 4.73. The minimum atomic E-state index is -0.317. The lowest BCUT2D eigenvalue weighted by molar-refractivity contribution is 0.0313. The van der Waals surface area contributed by atoms with Gasteiger partial charge in [-0.05, 0) is 26.3 Å². The summed E-state index contributed by atoms with van der Waals surface area (Å²) in [4.78, 5) is 16.1. The normalized spacial score (nSPS) is 12.4. The Morgan fingerprint density at radius 2 is 2.26 bits per heavy atom. The van der Waals surface area contributed by atoms with Gasteiger partial charge in [0.2, 0.25) is 0 Å². The molecule has 0 radical (unpaired) electrons. The Hall–Kier alpha value is -0.940. The lowest BCUT2D eigenvalue weighted by Gasteiger charge is -2.11. The highest BCUT2D eigenvalue weighted by Crippen LogP contribution is 2.14. The molecule has 0 amide bonds. The average molecular weight is 284 g/mol. The lowest BCUT2D eigenvalue weighted by atomic mass is 10.1. The molecule has 5 heteroatoms. The van der Waals surface area contributed by atoms with Gasteiger partial charge in [-0.1, -0.05) is 26.2 Å². The minimum absolute atomic E-state index is 0.0379. The number of nitrogens with zero attached hydrogens (tertiary/aromatic N) is 1. The molecule has 0 aromatic carbocycles. The second kappa shape index (κ2) is 9.04. The first-order valence-electron chi connectivity index (χ1n) is 7.02. The molecule has 0 spiro atoms. The Kier molecular flexibility index (Phi) is 7.67. The van der Waals surface area contributed by atoms with Crippen LogP contribution < -0.4 is 5.73 Å². The molecule has 1 aromatic rings. The van der Waals surface area contributed by atoms with Crippen LogP contribution in [-0.4, -0.2) is 23.6 Å². The molecule has 108 valence electrons. The molecule has 0 aliphatic heterocycles. The first-order chi connectivity index (χ1) is 9.17. The zero-order valence-electron chi connectivity index (χ0n) is 11.9. The number of hydrogen-bond donors (Lipinski definition) is 1. The molecule has 19 heavy (non-hydrogen) atoms. The van der Waals surface area contributed by atoms with E-state index in [1.54, 1.807) is 5.38 Å². The fourth-order valence-corrected chi connectivity index (χ4v) is 2.59. The largest absolute Gasteiger partial charge is 0.458 e. The van der Waals surface area contributed by atoms with Crippen molar-refractivity contribution in [2.75, 3.05) is 6.54 Å². The molecule has 0 saturated carbocycles. The van der Waals surface area contributed by atoms with Gasteiger partial charge < -0.3 is 10.5 Å². The second-order valence-corrected chi connectivity index (χ2v) is 5.67. The fourth-order valence-electron chi connectivity index (χ4n) is 1.80. The summed E-state index contributed by atoms with van der Waals surface area (Å²) in [6.45, 7) is 4.68. The highest BCUT2D eigenvalue weighted by molar-refractivity contribution is 7.09. The summed E-state index contributed by atoms with van der Waals surface area (Å²) in [6.07, 6.45) is 6.37. The van der Waals surface area contributed by atoms with Crippen molar-refractivity contribution >= 4 is 17.3 Å². The Balaban J connectivity index is 2.32. The van der Waals surface area contributed by atoms with Gasteiger partial charge in [0.15, 0.2) is 5.69 Å². The van der Waals surface area contributed by atoms with Gasteiger partial charge in [-0.15, -0.1) is 11.3 Å². The van der Waals surface area contributed by atoms with Crippen molar-refractivity contribution in [1.29, 1.82) is 0 Å². The summed E-state index contributed by atoms with van der Waals surface area (Å²) < 4.78 is 5.38. The van der Waals surface area contributed by atoms with Crippen LogP contribution in [0.5, 0.6) is 0 Å². The third-order valence-corrected chi connectivity index (χ3v) is 3.80. The van der Waals surface area contributed by atoms with Crippen LogP contribution in [0, 0.1) is 0 Å². The maximum Gasteiger partial charge on any atom is 0.358 e. The van der Waals surface area contributed by atoms with Crippen LogP contribution in [0.15, 0.2) is 5.38 Å². The van der Waals surface area contributed by atoms with Crippen LogP contribution in [0.25, 0.3) is 0 Å². The van der Waals surface area contributed by atoms with E-state index in [4.69, 9.17) is 10.5 Å². The minimum Gasteiger partial charge on any atom is -0.458 e. The smallest absolute Gasteiger partial charge is 0.358 e. The molecule has 2 N–H and O–H groups in total. The van der Waals surface area contributed by atoms with Crippen molar-refractivity contribution in [2.45, 2.75) is 58.5 Å². The number of unbranched alkanes of at least 4 members (excludes halogenated alkanes) is 3. The quantitative estimate of drug-likeness (QED) is 0.559. The summed E-state index contributed by atoms with van der Waals surface area (Å²) in [5, 5.41) is 2.64. The van der Waals surface area contributed by atoms with Crippen molar-refractivity contribution in [2.24, 2.45) is 5.73 Å². The molecule has 1 aromatic heterocycles. The van der Waals surface area contributed by atoms with Crippen LogP contribution in [0.2, 0.25) is 0 Å². The number of rotatable bonds is 9. The van der Waals surface area contributed by atoms with E-state index in [9.17, 15) is 4.79 Å². The van der Waals surface area contributed by atoms with Gasteiger partial charge in [0.1, 0.15) is 0 Å². The lowest BCUT2D eigenvalue weighted by Crippen LogP contribution is -2.15. The number of carbonyl (C=O) groups excluding carboxylic acids is 1. The number of nitrogens with two attached hydrogens (primary N) is 1. The molecule has 0 saturated heterocycles. The Morgan fingerprint density at radius 3 is 2.95 bits per heavy atom. The monoisotopic (exact) mass is 284 g/mol.